The van der Waals surface area contributed by atoms with Crippen molar-refractivity contribution >= 4 is 6.29 Å². The molecule has 0 saturated heterocycles. The Labute approximate surface area is 115 Å². The van der Waals surface area contributed by atoms with Crippen LogP contribution in [0.5, 0.6) is 5.75 Å². The summed E-state index contributed by atoms with van der Waals surface area (Å²) in [4.78, 5) is 10.2. The van der Waals surface area contributed by atoms with Crippen molar-refractivity contribution < 1.29 is 14.3 Å². The van der Waals surface area contributed by atoms with E-state index in [1.807, 2.05) is 18.2 Å². The second kappa shape index (κ2) is 10.6. The van der Waals surface area contributed by atoms with Gasteiger partial charge in [-0.3, -0.25) is 0 Å². The number of hydrogen-bond acceptors (Lipinski definition) is 3. The van der Waals surface area contributed by atoms with Crippen LogP contribution in [0.4, 0.5) is 0 Å². The van der Waals surface area contributed by atoms with Gasteiger partial charge in [-0.1, -0.05) is 37.5 Å². The molecule has 0 aliphatic heterocycles. The predicted molar refractivity (Wildman–Crippen MR) is 76.4 cm³/mol. The highest BCUT2D eigenvalue weighted by molar-refractivity contribution is 5.48. The maximum atomic E-state index is 10.2. The van der Waals surface area contributed by atoms with E-state index in [0.29, 0.717) is 13.2 Å². The van der Waals surface area contributed by atoms with Crippen molar-refractivity contribution in [3.05, 3.63) is 29.8 Å². The average molecular weight is 264 g/mol. The number of aryl methyl sites for hydroxylation is 1. The molecule has 19 heavy (non-hydrogen) atoms. The van der Waals surface area contributed by atoms with Gasteiger partial charge in [-0.05, 0) is 30.9 Å². The zero-order chi connectivity index (χ0) is 13.8. The molecule has 1 rings (SSSR count). The smallest absolute Gasteiger partial charge is 0.188 e. The van der Waals surface area contributed by atoms with Crippen molar-refractivity contribution in [2.45, 2.75) is 44.9 Å². The molecule has 0 aliphatic carbocycles. The quantitative estimate of drug-likeness (QED) is 0.347. The van der Waals surface area contributed by atoms with Crippen LogP contribution in [0, 0.1) is 0 Å². The number of carbonyl (C=O) groups excluding carboxylic acids is 1. The standard InChI is InChI=1S/C16H24O3/c1-18-14-19-16-12-8-7-11-15(16)10-6-4-2-3-5-9-13-17/h7-8,11-13H,2-6,9-10,14H2,1H3. The van der Waals surface area contributed by atoms with E-state index in [-0.39, 0.29) is 0 Å². The van der Waals surface area contributed by atoms with E-state index in [2.05, 4.69) is 6.07 Å². The maximum absolute atomic E-state index is 10.2. The number of aldehydes is 1. The third-order valence-electron chi connectivity index (χ3n) is 3.07. The van der Waals surface area contributed by atoms with Crippen LogP contribution in [-0.2, 0) is 16.0 Å². The normalized spacial score (nSPS) is 10.4. The summed E-state index contributed by atoms with van der Waals surface area (Å²) in [6.07, 6.45) is 8.49. The van der Waals surface area contributed by atoms with Crippen molar-refractivity contribution in [1.82, 2.24) is 0 Å². The van der Waals surface area contributed by atoms with Crippen LogP contribution in [0.1, 0.15) is 44.1 Å². The zero-order valence-corrected chi connectivity index (χ0v) is 11.8. The molecule has 0 spiro atoms. The Balaban J connectivity index is 2.22. The first kappa shape index (κ1) is 15.7. The predicted octanol–water partition coefficient (Wildman–Crippen LogP) is 3.75. The maximum Gasteiger partial charge on any atom is 0.188 e. The Morgan fingerprint density at radius 1 is 1.05 bits per heavy atom. The van der Waals surface area contributed by atoms with Crippen LogP contribution in [0.25, 0.3) is 0 Å². The summed E-state index contributed by atoms with van der Waals surface area (Å²) in [6.45, 7) is 0.294. The first-order valence-corrected chi connectivity index (χ1v) is 7.01. The summed E-state index contributed by atoms with van der Waals surface area (Å²) < 4.78 is 10.5. The van der Waals surface area contributed by atoms with Gasteiger partial charge >= 0.3 is 0 Å². The highest BCUT2D eigenvalue weighted by atomic mass is 16.7. The lowest BCUT2D eigenvalue weighted by atomic mass is 10.0. The van der Waals surface area contributed by atoms with Crippen LogP contribution >= 0.6 is 0 Å². The number of benzene rings is 1. The number of ether oxygens (including phenoxy) is 2. The summed E-state index contributed by atoms with van der Waals surface area (Å²) in [7, 11) is 1.63. The van der Waals surface area contributed by atoms with Gasteiger partial charge in [-0.15, -0.1) is 0 Å². The molecule has 3 nitrogen and oxygen atoms in total. The van der Waals surface area contributed by atoms with E-state index in [0.717, 1.165) is 37.7 Å². The zero-order valence-electron chi connectivity index (χ0n) is 11.8. The van der Waals surface area contributed by atoms with Gasteiger partial charge < -0.3 is 14.3 Å². The summed E-state index contributed by atoms with van der Waals surface area (Å²) in [5.41, 5.74) is 1.24. The lowest BCUT2D eigenvalue weighted by molar-refractivity contribution is -0.107. The van der Waals surface area contributed by atoms with Gasteiger partial charge in [0.25, 0.3) is 0 Å². The van der Waals surface area contributed by atoms with Crippen molar-refractivity contribution in [3.63, 3.8) is 0 Å². The molecule has 1 aromatic carbocycles. The molecule has 0 N–H and O–H groups in total. The molecule has 0 atom stereocenters. The van der Waals surface area contributed by atoms with Gasteiger partial charge in [-0.25, -0.2) is 0 Å². The fraction of sp³-hybridized carbons (Fsp3) is 0.562. The second-order valence-electron chi connectivity index (χ2n) is 4.63. The Morgan fingerprint density at radius 3 is 2.58 bits per heavy atom. The third kappa shape index (κ3) is 6.97. The fourth-order valence-electron chi connectivity index (χ4n) is 2.05. The molecule has 0 unspecified atom stereocenters. The molecule has 0 saturated carbocycles. The highest BCUT2D eigenvalue weighted by Gasteiger charge is 2.02. The number of rotatable bonds is 11. The van der Waals surface area contributed by atoms with E-state index in [4.69, 9.17) is 9.47 Å². The van der Waals surface area contributed by atoms with Crippen molar-refractivity contribution in [1.29, 1.82) is 0 Å². The van der Waals surface area contributed by atoms with Crippen molar-refractivity contribution in [2.75, 3.05) is 13.9 Å². The summed E-state index contributed by atoms with van der Waals surface area (Å²) in [5.74, 6) is 0.922. The van der Waals surface area contributed by atoms with Gasteiger partial charge in [0.05, 0.1) is 0 Å². The monoisotopic (exact) mass is 264 g/mol. The van der Waals surface area contributed by atoms with Crippen LogP contribution in [-0.4, -0.2) is 20.2 Å². The molecule has 0 fully saturated rings. The van der Waals surface area contributed by atoms with E-state index in [1.54, 1.807) is 7.11 Å². The molecule has 1 aromatic rings. The molecule has 0 aliphatic rings. The second-order valence-corrected chi connectivity index (χ2v) is 4.63. The lowest BCUT2D eigenvalue weighted by Crippen LogP contribution is -2.01. The van der Waals surface area contributed by atoms with E-state index < -0.39 is 0 Å². The minimum atomic E-state index is 0.294. The Kier molecular flexibility index (Phi) is 8.73. The Morgan fingerprint density at radius 2 is 1.79 bits per heavy atom. The number of hydrogen-bond donors (Lipinski definition) is 0. The third-order valence-corrected chi connectivity index (χ3v) is 3.07. The number of unbranched alkanes of at least 4 members (excludes halogenated alkanes) is 5. The molecule has 106 valence electrons. The number of carbonyl (C=O) groups is 1. The molecular formula is C16H24O3. The SMILES string of the molecule is COCOc1ccccc1CCCCCCCC=O. The minimum Gasteiger partial charge on any atom is -0.467 e. The Bertz CT molecular complexity index is 350. The summed E-state index contributed by atoms with van der Waals surface area (Å²) in [5, 5.41) is 0. The molecule has 0 bridgehead atoms. The van der Waals surface area contributed by atoms with Gasteiger partial charge in [0.1, 0.15) is 12.0 Å². The minimum absolute atomic E-state index is 0.294. The average Bonchev–Trinajstić information content (AvgIpc) is 2.45. The van der Waals surface area contributed by atoms with E-state index in [9.17, 15) is 4.79 Å². The van der Waals surface area contributed by atoms with Gasteiger partial charge in [0.15, 0.2) is 6.79 Å². The largest absolute Gasteiger partial charge is 0.467 e. The number of methoxy groups -OCH3 is 1. The van der Waals surface area contributed by atoms with Gasteiger partial charge in [-0.2, -0.15) is 0 Å². The van der Waals surface area contributed by atoms with Crippen LogP contribution in [0.2, 0.25) is 0 Å². The molecule has 0 heterocycles. The number of para-hydroxylation sites is 1. The van der Waals surface area contributed by atoms with Crippen molar-refractivity contribution in [2.24, 2.45) is 0 Å². The fourth-order valence-corrected chi connectivity index (χ4v) is 2.05. The van der Waals surface area contributed by atoms with Crippen LogP contribution in [0.15, 0.2) is 24.3 Å². The molecule has 0 radical (unpaired) electrons. The first-order valence-electron chi connectivity index (χ1n) is 7.01. The first-order chi connectivity index (χ1) is 9.38. The van der Waals surface area contributed by atoms with Gasteiger partial charge in [0.2, 0.25) is 0 Å². The summed E-state index contributed by atoms with van der Waals surface area (Å²) in [6, 6.07) is 8.11. The van der Waals surface area contributed by atoms with E-state index >= 15 is 0 Å². The van der Waals surface area contributed by atoms with E-state index in [1.165, 1.54) is 18.4 Å². The van der Waals surface area contributed by atoms with Crippen LogP contribution < -0.4 is 4.74 Å². The molecule has 3 heteroatoms. The molecular weight excluding hydrogens is 240 g/mol. The van der Waals surface area contributed by atoms with Crippen LogP contribution in [0.3, 0.4) is 0 Å². The topological polar surface area (TPSA) is 35.5 Å². The van der Waals surface area contributed by atoms with Gasteiger partial charge in [0, 0.05) is 13.5 Å². The lowest BCUT2D eigenvalue weighted by Gasteiger charge is -2.10. The Hall–Kier alpha value is -1.35. The van der Waals surface area contributed by atoms with Crippen molar-refractivity contribution in [3.8, 4) is 5.75 Å². The molecule has 0 aromatic heterocycles. The highest BCUT2D eigenvalue weighted by Crippen LogP contribution is 2.20. The summed E-state index contributed by atoms with van der Waals surface area (Å²) >= 11 is 0. The molecule has 0 amide bonds.